The lowest BCUT2D eigenvalue weighted by molar-refractivity contribution is -0.124. The molecule has 4 N–H and O–H groups in total. The minimum atomic E-state index is -0.540. The molecule has 1 aliphatic carbocycles. The van der Waals surface area contributed by atoms with Crippen LogP contribution in [0.5, 0.6) is 0 Å². The van der Waals surface area contributed by atoms with Gasteiger partial charge in [-0.3, -0.25) is 0 Å². The SMILES string of the molecule is CC(C)(C)C1(C(C)(C)C)CCCCC1(N)N. The maximum atomic E-state index is 6.51. The van der Waals surface area contributed by atoms with E-state index in [9.17, 15) is 0 Å². The van der Waals surface area contributed by atoms with Crippen molar-refractivity contribution in [3.05, 3.63) is 0 Å². The van der Waals surface area contributed by atoms with Crippen molar-refractivity contribution in [3.8, 4) is 0 Å². The van der Waals surface area contributed by atoms with Crippen LogP contribution in [0.25, 0.3) is 0 Å². The Labute approximate surface area is 101 Å². The summed E-state index contributed by atoms with van der Waals surface area (Å²) in [5, 5.41) is 0. The van der Waals surface area contributed by atoms with Crippen LogP contribution < -0.4 is 11.5 Å². The van der Waals surface area contributed by atoms with E-state index in [1.165, 1.54) is 12.8 Å². The van der Waals surface area contributed by atoms with Crippen LogP contribution in [0.1, 0.15) is 67.2 Å². The van der Waals surface area contributed by atoms with Gasteiger partial charge in [0.05, 0.1) is 5.66 Å². The monoisotopic (exact) mass is 226 g/mol. The van der Waals surface area contributed by atoms with E-state index in [-0.39, 0.29) is 16.2 Å². The van der Waals surface area contributed by atoms with Crippen LogP contribution in [0.2, 0.25) is 0 Å². The number of nitrogens with two attached hydrogens (primary N) is 2. The van der Waals surface area contributed by atoms with E-state index in [1.807, 2.05) is 0 Å². The van der Waals surface area contributed by atoms with Crippen LogP contribution >= 0.6 is 0 Å². The molecule has 0 aromatic rings. The van der Waals surface area contributed by atoms with Gasteiger partial charge >= 0.3 is 0 Å². The van der Waals surface area contributed by atoms with Gasteiger partial charge in [0.2, 0.25) is 0 Å². The first kappa shape index (κ1) is 14.0. The minimum absolute atomic E-state index is 0.00521. The van der Waals surface area contributed by atoms with E-state index < -0.39 is 5.66 Å². The van der Waals surface area contributed by atoms with Crippen molar-refractivity contribution in [3.63, 3.8) is 0 Å². The normalized spacial score (nSPS) is 25.5. The molecule has 1 saturated carbocycles. The van der Waals surface area contributed by atoms with Crippen LogP contribution in [0.15, 0.2) is 0 Å². The van der Waals surface area contributed by atoms with Gasteiger partial charge in [0.15, 0.2) is 0 Å². The molecule has 0 aromatic heterocycles. The predicted molar refractivity (Wildman–Crippen MR) is 70.9 cm³/mol. The molecule has 0 bridgehead atoms. The Morgan fingerprint density at radius 1 is 0.750 bits per heavy atom. The lowest BCUT2D eigenvalue weighted by atomic mass is 9.45. The molecule has 1 fully saturated rings. The maximum Gasteiger partial charge on any atom is 0.0704 e. The molecule has 1 aliphatic rings. The van der Waals surface area contributed by atoms with Gasteiger partial charge in [-0.1, -0.05) is 54.4 Å². The van der Waals surface area contributed by atoms with E-state index in [0.29, 0.717) is 0 Å². The zero-order valence-electron chi connectivity index (χ0n) is 12.0. The zero-order chi connectivity index (χ0) is 12.8. The number of rotatable bonds is 0. The first-order valence-corrected chi connectivity index (χ1v) is 6.53. The third-order valence-electron chi connectivity index (χ3n) is 4.75. The Morgan fingerprint density at radius 3 is 1.38 bits per heavy atom. The Morgan fingerprint density at radius 2 is 1.12 bits per heavy atom. The van der Waals surface area contributed by atoms with Gasteiger partial charge in [0.25, 0.3) is 0 Å². The maximum absolute atomic E-state index is 6.51. The summed E-state index contributed by atoms with van der Waals surface area (Å²) in [6, 6.07) is 0. The lowest BCUT2D eigenvalue weighted by Gasteiger charge is -2.63. The summed E-state index contributed by atoms with van der Waals surface area (Å²) >= 11 is 0. The second kappa shape index (κ2) is 3.71. The Hall–Kier alpha value is -0.0800. The summed E-state index contributed by atoms with van der Waals surface area (Å²) in [6.45, 7) is 13.7. The fourth-order valence-corrected chi connectivity index (χ4v) is 4.53. The van der Waals surface area contributed by atoms with Gasteiger partial charge in [0, 0.05) is 5.41 Å². The highest BCUT2D eigenvalue weighted by Crippen LogP contribution is 2.61. The topological polar surface area (TPSA) is 52.0 Å². The quantitative estimate of drug-likeness (QED) is 0.623. The fourth-order valence-electron chi connectivity index (χ4n) is 4.53. The van der Waals surface area contributed by atoms with Crippen molar-refractivity contribution in [2.24, 2.45) is 27.7 Å². The van der Waals surface area contributed by atoms with Gasteiger partial charge < -0.3 is 11.5 Å². The molecule has 2 heteroatoms. The number of hydrogen-bond acceptors (Lipinski definition) is 2. The van der Waals surface area contributed by atoms with Crippen molar-refractivity contribution < 1.29 is 0 Å². The van der Waals surface area contributed by atoms with Gasteiger partial charge in [-0.05, 0) is 23.7 Å². The Balaban J connectivity index is 3.34. The van der Waals surface area contributed by atoms with E-state index in [0.717, 1.165) is 12.8 Å². The molecule has 0 heterocycles. The third-order valence-corrected chi connectivity index (χ3v) is 4.75. The molecule has 0 radical (unpaired) electrons. The summed E-state index contributed by atoms with van der Waals surface area (Å²) in [5.74, 6) is 0. The molecular weight excluding hydrogens is 196 g/mol. The standard InChI is InChI=1S/C14H30N2/c1-11(2,3)13(12(4,5)6)9-7-8-10-14(13,15)16/h7-10,15-16H2,1-6H3. The van der Waals surface area contributed by atoms with Crippen LogP contribution in [0.3, 0.4) is 0 Å². The van der Waals surface area contributed by atoms with Crippen molar-refractivity contribution in [1.29, 1.82) is 0 Å². The van der Waals surface area contributed by atoms with E-state index in [1.54, 1.807) is 0 Å². The minimum Gasteiger partial charge on any atom is -0.313 e. The fraction of sp³-hybridized carbons (Fsp3) is 1.00. The van der Waals surface area contributed by atoms with Crippen molar-refractivity contribution in [1.82, 2.24) is 0 Å². The van der Waals surface area contributed by atoms with E-state index >= 15 is 0 Å². The van der Waals surface area contributed by atoms with E-state index in [4.69, 9.17) is 11.5 Å². The van der Waals surface area contributed by atoms with Crippen molar-refractivity contribution in [2.75, 3.05) is 0 Å². The first-order valence-electron chi connectivity index (χ1n) is 6.53. The average Bonchev–Trinajstić information content (AvgIpc) is 1.97. The first-order chi connectivity index (χ1) is 6.96. The molecule has 0 saturated heterocycles. The van der Waals surface area contributed by atoms with Crippen LogP contribution in [-0.4, -0.2) is 5.66 Å². The zero-order valence-corrected chi connectivity index (χ0v) is 12.0. The predicted octanol–water partition coefficient (Wildman–Crippen LogP) is 3.25. The molecule has 1 rings (SSSR count). The van der Waals surface area contributed by atoms with Gasteiger partial charge in [-0.2, -0.15) is 0 Å². The molecule has 16 heavy (non-hydrogen) atoms. The molecule has 0 spiro atoms. The molecule has 2 nitrogen and oxygen atoms in total. The summed E-state index contributed by atoms with van der Waals surface area (Å²) in [7, 11) is 0. The Kier molecular flexibility index (Phi) is 3.24. The summed E-state index contributed by atoms with van der Waals surface area (Å²) in [5.41, 5.74) is 12.7. The second-order valence-corrected chi connectivity index (χ2v) is 7.65. The van der Waals surface area contributed by atoms with Crippen LogP contribution in [0, 0.1) is 16.2 Å². The van der Waals surface area contributed by atoms with E-state index in [2.05, 4.69) is 41.5 Å². The van der Waals surface area contributed by atoms with Crippen molar-refractivity contribution in [2.45, 2.75) is 72.9 Å². The highest BCUT2D eigenvalue weighted by molar-refractivity contribution is 5.12. The third kappa shape index (κ3) is 1.80. The Bertz CT molecular complexity index is 239. The summed E-state index contributed by atoms with van der Waals surface area (Å²) in [4.78, 5) is 0. The van der Waals surface area contributed by atoms with Gasteiger partial charge in [0.1, 0.15) is 0 Å². The highest BCUT2D eigenvalue weighted by Gasteiger charge is 2.60. The van der Waals surface area contributed by atoms with Crippen LogP contribution in [-0.2, 0) is 0 Å². The second-order valence-electron chi connectivity index (χ2n) is 7.65. The molecule has 0 amide bonds. The average molecular weight is 226 g/mol. The molecular formula is C14H30N2. The highest BCUT2D eigenvalue weighted by atomic mass is 15.0. The van der Waals surface area contributed by atoms with Gasteiger partial charge in [-0.25, -0.2) is 0 Å². The lowest BCUT2D eigenvalue weighted by Crippen LogP contribution is -2.72. The summed E-state index contributed by atoms with van der Waals surface area (Å²) in [6.07, 6.45) is 4.51. The number of hydrogen-bond donors (Lipinski definition) is 2. The molecule has 96 valence electrons. The van der Waals surface area contributed by atoms with Crippen molar-refractivity contribution >= 4 is 0 Å². The molecule has 0 atom stereocenters. The smallest absolute Gasteiger partial charge is 0.0704 e. The largest absolute Gasteiger partial charge is 0.313 e. The molecule has 0 aliphatic heterocycles. The molecule has 0 aromatic carbocycles. The van der Waals surface area contributed by atoms with Crippen LogP contribution in [0.4, 0.5) is 0 Å². The molecule has 0 unspecified atom stereocenters. The van der Waals surface area contributed by atoms with Gasteiger partial charge in [-0.15, -0.1) is 0 Å². The summed E-state index contributed by atoms with van der Waals surface area (Å²) < 4.78 is 0.